The Morgan fingerprint density at radius 2 is 2.05 bits per heavy atom. The zero-order valence-corrected chi connectivity index (χ0v) is 17.5. The molecule has 126 valence electrons. The van der Waals surface area contributed by atoms with Crippen LogP contribution in [0.5, 0.6) is 0 Å². The van der Waals surface area contributed by atoms with E-state index in [-0.39, 0.29) is 28.7 Å². The molecule has 0 atom stereocenters. The fourth-order valence-corrected chi connectivity index (χ4v) is 1.96. The van der Waals surface area contributed by atoms with Gasteiger partial charge in [-0.1, -0.05) is 6.07 Å². The number of hydrogen-bond donors (Lipinski definition) is 2. The molecule has 0 aliphatic rings. The van der Waals surface area contributed by atoms with Crippen LogP contribution in [-0.4, -0.2) is 49.6 Å². The molecule has 7 heteroatoms. The molecule has 0 aromatic carbocycles. The molecular weight excluding hydrogens is 409 g/mol. The lowest BCUT2D eigenvalue weighted by molar-refractivity contribution is 0.664. The van der Waals surface area contributed by atoms with Crippen LogP contribution in [0.2, 0.25) is 0 Å². The average Bonchev–Trinajstić information content (AvgIpc) is 2.47. The Hall–Kier alpha value is -0.700. The van der Waals surface area contributed by atoms with Gasteiger partial charge < -0.3 is 15.5 Å². The summed E-state index contributed by atoms with van der Waals surface area (Å²) < 4.78 is 0.181. The molecule has 0 bridgehead atoms. The Morgan fingerprint density at radius 3 is 2.59 bits per heavy atom. The molecule has 0 saturated heterocycles. The highest BCUT2D eigenvalue weighted by atomic mass is 127. The van der Waals surface area contributed by atoms with Crippen molar-refractivity contribution in [3.05, 3.63) is 23.9 Å². The van der Waals surface area contributed by atoms with Crippen molar-refractivity contribution in [1.82, 2.24) is 15.6 Å². The van der Waals surface area contributed by atoms with Crippen LogP contribution in [0.25, 0.3) is 0 Å². The van der Waals surface area contributed by atoms with Crippen LogP contribution in [0.3, 0.4) is 0 Å². The van der Waals surface area contributed by atoms with E-state index in [0.29, 0.717) is 6.54 Å². The first-order valence-electron chi connectivity index (χ1n) is 7.00. The van der Waals surface area contributed by atoms with Crippen molar-refractivity contribution in [3.63, 3.8) is 0 Å². The average molecular weight is 437 g/mol. The van der Waals surface area contributed by atoms with Crippen molar-refractivity contribution < 1.29 is 0 Å². The molecule has 0 spiro atoms. The molecule has 5 nitrogen and oxygen atoms in total. The zero-order valence-electron chi connectivity index (χ0n) is 14.3. The van der Waals surface area contributed by atoms with Crippen LogP contribution in [0.15, 0.2) is 23.3 Å². The third kappa shape index (κ3) is 7.04. The smallest absolute Gasteiger partial charge is 0.191 e. The van der Waals surface area contributed by atoms with Gasteiger partial charge in [-0.3, -0.25) is 4.99 Å². The van der Waals surface area contributed by atoms with E-state index in [1.165, 1.54) is 0 Å². The number of anilines is 1. The topological polar surface area (TPSA) is 52.6 Å². The van der Waals surface area contributed by atoms with Crippen molar-refractivity contribution in [1.29, 1.82) is 0 Å². The molecule has 0 aliphatic carbocycles. The lowest BCUT2D eigenvalue weighted by atomic mass is 10.2. The third-order valence-corrected chi connectivity index (χ3v) is 4.44. The number of thioether (sulfide) groups is 1. The number of guanidine groups is 1. The van der Waals surface area contributed by atoms with E-state index in [1.807, 2.05) is 43.0 Å². The largest absolute Gasteiger partial charge is 0.362 e. The molecule has 1 aromatic heterocycles. The van der Waals surface area contributed by atoms with Crippen molar-refractivity contribution in [2.24, 2.45) is 4.99 Å². The van der Waals surface area contributed by atoms with Gasteiger partial charge >= 0.3 is 0 Å². The van der Waals surface area contributed by atoms with Crippen LogP contribution in [0.1, 0.15) is 19.4 Å². The van der Waals surface area contributed by atoms with Gasteiger partial charge in [0.2, 0.25) is 0 Å². The highest BCUT2D eigenvalue weighted by Crippen LogP contribution is 2.19. The zero-order chi connectivity index (χ0) is 15.9. The molecule has 0 aliphatic heterocycles. The lowest BCUT2D eigenvalue weighted by Gasteiger charge is -2.24. The van der Waals surface area contributed by atoms with Crippen molar-refractivity contribution in [2.45, 2.75) is 25.1 Å². The lowest BCUT2D eigenvalue weighted by Crippen LogP contribution is -2.43. The van der Waals surface area contributed by atoms with Crippen molar-refractivity contribution in [3.8, 4) is 0 Å². The number of rotatable bonds is 6. The predicted octanol–water partition coefficient (Wildman–Crippen LogP) is 2.57. The Bertz CT molecular complexity index is 477. The van der Waals surface area contributed by atoms with Crippen LogP contribution < -0.4 is 15.5 Å². The summed E-state index contributed by atoms with van der Waals surface area (Å²) >= 11 is 1.84. The number of aliphatic imine (C=N–C) groups is 1. The molecule has 0 unspecified atom stereocenters. The summed E-state index contributed by atoms with van der Waals surface area (Å²) in [5.74, 6) is 1.79. The number of halogens is 1. The Kier molecular flexibility index (Phi) is 9.82. The number of pyridine rings is 1. The van der Waals surface area contributed by atoms with Crippen molar-refractivity contribution in [2.75, 3.05) is 38.8 Å². The monoisotopic (exact) mass is 437 g/mol. The highest BCUT2D eigenvalue weighted by molar-refractivity contribution is 14.0. The van der Waals surface area contributed by atoms with Crippen LogP contribution in [0.4, 0.5) is 5.82 Å². The molecule has 1 heterocycles. The number of hydrogen-bond acceptors (Lipinski definition) is 4. The van der Waals surface area contributed by atoms with E-state index in [4.69, 9.17) is 0 Å². The first kappa shape index (κ1) is 21.3. The van der Waals surface area contributed by atoms with Gasteiger partial charge in [0.15, 0.2) is 5.96 Å². The maximum atomic E-state index is 4.40. The SMILES string of the molecule is CN=C(NCc1cccnc1N(C)C)NCC(C)(C)SC.I. The number of nitrogens with one attached hydrogen (secondary N) is 2. The molecule has 1 rings (SSSR count). The quantitative estimate of drug-likeness (QED) is 0.407. The summed E-state index contributed by atoms with van der Waals surface area (Å²) in [5.41, 5.74) is 1.15. The Balaban J connectivity index is 0.00000441. The highest BCUT2D eigenvalue weighted by Gasteiger charge is 2.16. The van der Waals surface area contributed by atoms with Crippen molar-refractivity contribution >= 4 is 47.5 Å². The standard InChI is InChI=1S/C15H27N5S.HI/c1-15(2,21-6)11-19-14(16-3)18-10-12-8-7-9-17-13(12)20(4)5;/h7-9H,10-11H2,1-6H3,(H2,16,18,19);1H. The third-order valence-electron chi connectivity index (χ3n) is 3.20. The first-order chi connectivity index (χ1) is 9.89. The van der Waals surface area contributed by atoms with Gasteiger partial charge in [0.05, 0.1) is 0 Å². The van der Waals surface area contributed by atoms with E-state index in [9.17, 15) is 0 Å². The molecule has 0 fully saturated rings. The normalized spacial score (nSPS) is 11.6. The Labute approximate surface area is 155 Å². The van der Waals surface area contributed by atoms with E-state index in [1.54, 1.807) is 7.05 Å². The van der Waals surface area contributed by atoms with E-state index >= 15 is 0 Å². The molecule has 22 heavy (non-hydrogen) atoms. The first-order valence-corrected chi connectivity index (χ1v) is 8.23. The van der Waals surface area contributed by atoms with E-state index < -0.39 is 0 Å². The molecule has 0 saturated carbocycles. The number of aromatic nitrogens is 1. The summed E-state index contributed by atoms with van der Waals surface area (Å²) in [5, 5.41) is 6.70. The minimum absolute atomic E-state index is 0. The van der Waals surface area contributed by atoms with E-state index in [2.05, 4.69) is 46.8 Å². The molecule has 1 aromatic rings. The minimum atomic E-state index is 0. The molecule has 2 N–H and O–H groups in total. The summed E-state index contributed by atoms with van der Waals surface area (Å²) in [6.45, 7) is 5.98. The van der Waals surface area contributed by atoms with Crippen LogP contribution in [-0.2, 0) is 6.54 Å². The second kappa shape index (κ2) is 10.1. The van der Waals surface area contributed by atoms with Gasteiger partial charge in [0, 0.05) is 50.7 Å². The summed E-state index contributed by atoms with van der Waals surface area (Å²) in [4.78, 5) is 10.7. The van der Waals surface area contributed by atoms with Gasteiger partial charge in [0.1, 0.15) is 5.82 Å². The second-order valence-corrected chi connectivity index (χ2v) is 7.14. The number of nitrogens with zero attached hydrogens (tertiary/aromatic N) is 3. The summed E-state index contributed by atoms with van der Waals surface area (Å²) in [6.07, 6.45) is 3.93. The van der Waals surface area contributed by atoms with Crippen LogP contribution in [0, 0.1) is 0 Å². The van der Waals surface area contributed by atoms with E-state index in [0.717, 1.165) is 23.9 Å². The fraction of sp³-hybridized carbons (Fsp3) is 0.600. The van der Waals surface area contributed by atoms with Gasteiger partial charge in [-0.2, -0.15) is 11.8 Å². The fourth-order valence-electron chi connectivity index (χ4n) is 1.74. The van der Waals surface area contributed by atoms with Crippen LogP contribution >= 0.6 is 35.7 Å². The molecule has 0 radical (unpaired) electrons. The maximum absolute atomic E-state index is 4.40. The van der Waals surface area contributed by atoms with Gasteiger partial charge in [-0.25, -0.2) is 4.98 Å². The predicted molar refractivity (Wildman–Crippen MR) is 110 cm³/mol. The Morgan fingerprint density at radius 1 is 1.36 bits per heavy atom. The van der Waals surface area contributed by atoms with Gasteiger partial charge in [0.25, 0.3) is 0 Å². The summed E-state index contributed by atoms with van der Waals surface area (Å²) in [6, 6.07) is 4.03. The molecule has 0 amide bonds. The maximum Gasteiger partial charge on any atom is 0.191 e. The van der Waals surface area contributed by atoms with Gasteiger partial charge in [-0.15, -0.1) is 24.0 Å². The molecular formula is C15H28IN5S. The second-order valence-electron chi connectivity index (χ2n) is 5.62. The van der Waals surface area contributed by atoms with Gasteiger partial charge in [-0.05, 0) is 26.2 Å². The summed E-state index contributed by atoms with van der Waals surface area (Å²) in [7, 11) is 5.79. The minimum Gasteiger partial charge on any atom is -0.362 e.